The number of hydrogen-bond donors (Lipinski definition) is 2. The molecule has 0 radical (unpaired) electrons. The van der Waals surface area contributed by atoms with Gasteiger partial charge in [0.05, 0.1) is 15.8 Å². The molecule has 0 aromatic heterocycles. The van der Waals surface area contributed by atoms with Crippen molar-refractivity contribution in [3.8, 4) is 0 Å². The minimum Gasteiger partial charge on any atom is -0.389 e. The maximum Gasteiger partial charge on any atom is 0.161 e. The Morgan fingerprint density at radius 3 is 2.57 bits per heavy atom. The standard InChI is InChI=1S/C14H10Br2ClFN2S/c1-6-4-8(15)11(5-9(6)17)20-10-3-2-7(14(19)21)12(16)13(10)18/h2-5,20H,1H3,(H2,19,21). The molecule has 0 unspecified atom stereocenters. The molecule has 0 heterocycles. The predicted molar refractivity (Wildman–Crippen MR) is 97.2 cm³/mol. The van der Waals surface area contributed by atoms with Gasteiger partial charge in [-0.05, 0) is 68.6 Å². The molecule has 2 nitrogen and oxygen atoms in total. The first-order valence-electron chi connectivity index (χ1n) is 5.81. The molecule has 110 valence electrons. The van der Waals surface area contributed by atoms with Crippen LogP contribution in [0.3, 0.4) is 0 Å². The monoisotopic (exact) mass is 450 g/mol. The maximum atomic E-state index is 14.3. The second-order valence-corrected chi connectivity index (χ2v) is 6.85. The Labute approximate surface area is 149 Å². The van der Waals surface area contributed by atoms with E-state index in [4.69, 9.17) is 29.6 Å². The van der Waals surface area contributed by atoms with Crippen LogP contribution in [0.1, 0.15) is 11.1 Å². The van der Waals surface area contributed by atoms with E-state index in [1.165, 1.54) is 0 Å². The Bertz CT molecular complexity index is 737. The number of hydrogen-bond acceptors (Lipinski definition) is 2. The number of nitrogens with two attached hydrogens (primary N) is 1. The number of halogens is 4. The topological polar surface area (TPSA) is 38.0 Å². The Morgan fingerprint density at radius 2 is 1.95 bits per heavy atom. The fourth-order valence-electron chi connectivity index (χ4n) is 1.72. The van der Waals surface area contributed by atoms with E-state index in [0.717, 1.165) is 10.0 Å². The summed E-state index contributed by atoms with van der Waals surface area (Å²) in [4.78, 5) is 0.131. The van der Waals surface area contributed by atoms with E-state index in [1.807, 2.05) is 13.0 Å². The van der Waals surface area contributed by atoms with Crippen molar-refractivity contribution < 1.29 is 4.39 Å². The van der Waals surface area contributed by atoms with Crippen molar-refractivity contribution in [1.29, 1.82) is 0 Å². The normalized spacial score (nSPS) is 10.5. The van der Waals surface area contributed by atoms with Gasteiger partial charge < -0.3 is 11.1 Å². The van der Waals surface area contributed by atoms with Gasteiger partial charge in [0, 0.05) is 15.1 Å². The van der Waals surface area contributed by atoms with Crippen molar-refractivity contribution in [2.75, 3.05) is 5.32 Å². The molecule has 0 aliphatic rings. The highest BCUT2D eigenvalue weighted by atomic mass is 79.9. The zero-order valence-electron chi connectivity index (χ0n) is 10.8. The first-order valence-corrected chi connectivity index (χ1v) is 8.19. The van der Waals surface area contributed by atoms with Gasteiger partial charge in [0.25, 0.3) is 0 Å². The fourth-order valence-corrected chi connectivity index (χ4v) is 3.30. The Hall–Kier alpha value is -0.690. The molecule has 0 saturated heterocycles. The van der Waals surface area contributed by atoms with Crippen molar-refractivity contribution >= 4 is 72.0 Å². The molecular weight excluding hydrogens is 442 g/mol. The minimum absolute atomic E-state index is 0.131. The molecule has 21 heavy (non-hydrogen) atoms. The van der Waals surface area contributed by atoms with Gasteiger partial charge in [-0.1, -0.05) is 23.8 Å². The van der Waals surface area contributed by atoms with Crippen molar-refractivity contribution in [2.45, 2.75) is 6.92 Å². The van der Waals surface area contributed by atoms with Crippen LogP contribution in [0.25, 0.3) is 0 Å². The average molecular weight is 453 g/mol. The summed E-state index contributed by atoms with van der Waals surface area (Å²) in [5, 5.41) is 3.59. The van der Waals surface area contributed by atoms with Crippen molar-refractivity contribution in [2.24, 2.45) is 5.73 Å². The van der Waals surface area contributed by atoms with Crippen LogP contribution in [-0.4, -0.2) is 4.99 Å². The molecule has 0 amide bonds. The summed E-state index contributed by atoms with van der Waals surface area (Å²) >= 11 is 17.6. The van der Waals surface area contributed by atoms with Gasteiger partial charge in [0.1, 0.15) is 4.99 Å². The number of nitrogens with one attached hydrogen (secondary N) is 1. The SMILES string of the molecule is Cc1cc(Br)c(Nc2ccc(C(N)=S)c(Br)c2F)cc1Cl. The molecule has 2 aromatic carbocycles. The summed E-state index contributed by atoms with van der Waals surface area (Å²) < 4.78 is 15.4. The third-order valence-corrected chi connectivity index (χ3v) is 4.92. The number of thiocarbonyl (C=S) groups is 1. The molecular formula is C14H10Br2ClFN2S. The number of benzene rings is 2. The highest BCUT2D eigenvalue weighted by molar-refractivity contribution is 9.11. The number of aryl methyl sites for hydroxylation is 1. The van der Waals surface area contributed by atoms with E-state index in [9.17, 15) is 4.39 Å². The summed E-state index contributed by atoms with van der Waals surface area (Å²) in [6.07, 6.45) is 0. The van der Waals surface area contributed by atoms with Crippen LogP contribution in [0.5, 0.6) is 0 Å². The van der Waals surface area contributed by atoms with Gasteiger partial charge >= 0.3 is 0 Å². The molecule has 0 saturated carbocycles. The van der Waals surface area contributed by atoms with Crippen LogP contribution in [0.4, 0.5) is 15.8 Å². The molecule has 0 fully saturated rings. The van der Waals surface area contributed by atoms with Gasteiger partial charge in [-0.15, -0.1) is 0 Å². The average Bonchev–Trinajstić information content (AvgIpc) is 2.40. The fraction of sp³-hybridized carbons (Fsp3) is 0.0714. The van der Waals surface area contributed by atoms with Crippen molar-refractivity contribution in [3.63, 3.8) is 0 Å². The first kappa shape index (κ1) is 16.7. The second-order valence-electron chi connectivity index (χ2n) is 4.36. The lowest BCUT2D eigenvalue weighted by molar-refractivity contribution is 0.625. The number of rotatable bonds is 3. The first-order chi connectivity index (χ1) is 9.81. The van der Waals surface area contributed by atoms with Crippen LogP contribution in [0.2, 0.25) is 5.02 Å². The van der Waals surface area contributed by atoms with E-state index >= 15 is 0 Å². The van der Waals surface area contributed by atoms with E-state index in [1.54, 1.807) is 18.2 Å². The second kappa shape index (κ2) is 6.60. The zero-order valence-corrected chi connectivity index (χ0v) is 15.6. The maximum absolute atomic E-state index is 14.3. The van der Waals surface area contributed by atoms with Crippen LogP contribution in [0, 0.1) is 12.7 Å². The third-order valence-electron chi connectivity index (χ3n) is 2.87. The van der Waals surface area contributed by atoms with Crippen LogP contribution >= 0.6 is 55.7 Å². The predicted octanol–water partition coefficient (Wildman–Crippen LogP) is 5.69. The summed E-state index contributed by atoms with van der Waals surface area (Å²) in [5.74, 6) is -0.469. The quantitative estimate of drug-likeness (QED) is 0.588. The van der Waals surface area contributed by atoms with Crippen LogP contribution < -0.4 is 11.1 Å². The molecule has 0 aliphatic heterocycles. The van der Waals surface area contributed by atoms with Crippen LogP contribution in [-0.2, 0) is 0 Å². The van der Waals surface area contributed by atoms with Gasteiger partial charge in [-0.2, -0.15) is 0 Å². The van der Waals surface area contributed by atoms with Gasteiger partial charge in [-0.3, -0.25) is 0 Å². The summed E-state index contributed by atoms with van der Waals surface area (Å²) in [5.41, 5.74) is 7.88. The lowest BCUT2D eigenvalue weighted by Crippen LogP contribution is -2.11. The van der Waals surface area contributed by atoms with Crippen molar-refractivity contribution in [1.82, 2.24) is 0 Å². The van der Waals surface area contributed by atoms with Crippen molar-refractivity contribution in [3.05, 3.63) is 55.2 Å². The zero-order chi connectivity index (χ0) is 15.7. The van der Waals surface area contributed by atoms with Gasteiger partial charge in [0.15, 0.2) is 5.82 Å². The molecule has 0 atom stereocenters. The molecule has 0 bridgehead atoms. The Morgan fingerprint density at radius 1 is 1.29 bits per heavy atom. The smallest absolute Gasteiger partial charge is 0.161 e. The summed E-state index contributed by atoms with van der Waals surface area (Å²) in [6.45, 7) is 1.89. The Kier molecular flexibility index (Phi) is 5.24. The van der Waals surface area contributed by atoms with E-state index in [2.05, 4.69) is 37.2 Å². The molecule has 3 N–H and O–H groups in total. The van der Waals surface area contributed by atoms with Gasteiger partial charge in [0.2, 0.25) is 0 Å². The van der Waals surface area contributed by atoms with Crippen LogP contribution in [0.15, 0.2) is 33.2 Å². The molecule has 0 aliphatic carbocycles. The molecule has 2 rings (SSSR count). The minimum atomic E-state index is -0.469. The molecule has 7 heteroatoms. The largest absolute Gasteiger partial charge is 0.389 e. The van der Waals surface area contributed by atoms with E-state index in [0.29, 0.717) is 22.0 Å². The van der Waals surface area contributed by atoms with Gasteiger partial charge in [-0.25, -0.2) is 4.39 Å². The Balaban J connectivity index is 2.43. The third kappa shape index (κ3) is 3.56. The lowest BCUT2D eigenvalue weighted by atomic mass is 10.1. The highest BCUT2D eigenvalue weighted by Crippen LogP contribution is 2.34. The molecule has 2 aromatic rings. The molecule has 0 spiro atoms. The summed E-state index contributed by atoms with van der Waals surface area (Å²) in [7, 11) is 0. The van der Waals surface area contributed by atoms with E-state index < -0.39 is 5.82 Å². The number of anilines is 2. The van der Waals surface area contributed by atoms with E-state index in [-0.39, 0.29) is 9.46 Å². The lowest BCUT2D eigenvalue weighted by Gasteiger charge is -2.13. The highest BCUT2D eigenvalue weighted by Gasteiger charge is 2.14. The summed E-state index contributed by atoms with van der Waals surface area (Å²) in [6, 6.07) is 6.83.